The molecular formula is C89H113N9O22S. The molecule has 9 aliphatic heterocycles. The fraction of sp³-hybridized carbons (Fsp3) is 0.472. The Kier molecular flexibility index (Phi) is 31.7. The van der Waals surface area contributed by atoms with Gasteiger partial charge in [0.05, 0.1) is 52.3 Å². The van der Waals surface area contributed by atoms with Crippen LogP contribution < -0.4 is 45.0 Å². The van der Waals surface area contributed by atoms with Crippen molar-refractivity contribution in [1.29, 1.82) is 0 Å². The van der Waals surface area contributed by atoms with Gasteiger partial charge in [-0.2, -0.15) is 8.42 Å². The number of amides is 11. The van der Waals surface area contributed by atoms with Crippen LogP contribution in [0.1, 0.15) is 185 Å². The van der Waals surface area contributed by atoms with Gasteiger partial charge in [-0.3, -0.25) is 62.0 Å². The number of likely N-dealkylation sites (tertiary alicyclic amines) is 5. The van der Waals surface area contributed by atoms with Crippen LogP contribution in [0.2, 0.25) is 0 Å². The van der Waals surface area contributed by atoms with Crippen molar-refractivity contribution >= 4 is 75.5 Å². The Morgan fingerprint density at radius 3 is 1.06 bits per heavy atom. The van der Waals surface area contributed by atoms with E-state index in [-0.39, 0.29) is 182 Å². The highest BCUT2D eigenvalue weighted by molar-refractivity contribution is 7.86. The molecule has 6 fully saturated rings. The van der Waals surface area contributed by atoms with Crippen molar-refractivity contribution in [2.45, 2.75) is 151 Å². The first-order chi connectivity index (χ1) is 56.2. The predicted octanol–water partition coefficient (Wildman–Crippen LogP) is 10.0. The number of phenolic OH excluding ortho intramolecular Hbond substituents is 1. The van der Waals surface area contributed by atoms with E-state index in [0.29, 0.717) is 130 Å². The molecule has 0 unspecified atom stereocenters. The molecule has 6 aromatic carbocycles. The first-order valence-corrected chi connectivity index (χ1v) is 41.4. The van der Waals surface area contributed by atoms with Crippen LogP contribution in [0.15, 0.2) is 127 Å². The summed E-state index contributed by atoms with van der Waals surface area (Å²) in [5.74, 6) is 2.90. The Morgan fingerprint density at radius 1 is 0.405 bits per heavy atom. The first kappa shape index (κ1) is 93.2. The third-order valence-corrected chi connectivity index (χ3v) is 22.0. The number of hydrogen-bond acceptors (Lipinski definition) is 23. The van der Waals surface area contributed by atoms with Crippen molar-refractivity contribution < 1.29 is 104 Å². The number of nitrogens with one attached hydrogen (secondary N) is 4. The fourth-order valence-electron chi connectivity index (χ4n) is 15.3. The third-order valence-electron chi connectivity index (χ3n) is 21.4. The molecule has 121 heavy (non-hydrogen) atoms. The molecule has 9 heterocycles. The standard InChI is InChI=1S/C30H35N3O7.C25H27N3O5.C24H28N2O5.C7H11NO5S.3CH4/c1-30(2,3)40-29(37)32-16-21(18-39-23-9-6-20-15-31-28(36)24(20)14-23)25(17-32)19-4-7-22(8-5-19)38-13-12-33-26(34)10-11-27(33)35;29-23-7-8-24(30)28(23)9-10-32-19-4-1-16(2-5-19)22-14-26-12-18(22)15-33-20-6-3-17-13-27-25(31)21(17)11-20;1-24(2,3)31-23(29)26-12-17(21(13-26)15-4-7-18(27)8-5-15)14-30-19-9-6-16-11-25-22(28)20(16)10-19;1-14(11,12)13-5-4-8-6(9)2-3-7(8)10;;;/h4-9,14,21,25H,10-13,15-18H2,1-3H3,(H,31,36);1-6,11,18,22,26H,7-10,12-15H2,(H,27,31);4-10,17,21,27H,11-14H2,1-3H3,(H,25,28);2-5H2,1H3;3*1H4/t21-,25+;18-,22+;17-,21+;;;;/m111..../s1. The largest absolute Gasteiger partial charge is 0.508 e. The summed E-state index contributed by atoms with van der Waals surface area (Å²) in [5, 5.41) is 21.5. The molecule has 9 aliphatic rings. The van der Waals surface area contributed by atoms with Crippen LogP contribution in [-0.4, -0.2) is 219 Å². The molecule has 5 N–H and O–H groups in total. The summed E-state index contributed by atoms with van der Waals surface area (Å²) in [5.41, 5.74) is 7.01. The smallest absolute Gasteiger partial charge is 0.410 e. The van der Waals surface area contributed by atoms with E-state index in [0.717, 1.165) is 57.8 Å². The molecule has 32 heteroatoms. The molecule has 11 amide bonds. The average Bonchev–Trinajstić information content (AvgIpc) is 1.67. The molecule has 0 aliphatic carbocycles. The van der Waals surface area contributed by atoms with Crippen molar-refractivity contribution in [3.63, 3.8) is 0 Å². The van der Waals surface area contributed by atoms with E-state index in [9.17, 15) is 66.3 Å². The Balaban J connectivity index is 0.000000190. The van der Waals surface area contributed by atoms with Crippen LogP contribution in [0.25, 0.3) is 0 Å². The van der Waals surface area contributed by atoms with E-state index in [1.807, 2.05) is 133 Å². The summed E-state index contributed by atoms with van der Waals surface area (Å²) >= 11 is 0. The summed E-state index contributed by atoms with van der Waals surface area (Å²) in [6, 6.07) is 39.5. The number of rotatable bonds is 24. The number of ether oxygens (including phenoxy) is 7. The molecular weight excluding hydrogens is 1580 g/mol. The number of imide groups is 3. The SMILES string of the molecule is C.C.C.CC(C)(C)OC(=O)N1C[C@H](COc2ccc3c(c2)C(=O)NC3)[C@H](c2ccc(O)cc2)C1.CC(C)(C)OC(=O)N1C[C@H](COc2ccc3c(c2)C(=O)NC3)[C@H](c2ccc(OCCN3C(=O)CCC3=O)cc2)C1.CS(=O)(=O)OCCN1C(=O)CCC1=O.O=C1NCc2ccc(OC[C@H]3CNC[C@H]3c3ccc(OCCN4C(=O)CCC4=O)cc3)cc21. The van der Waals surface area contributed by atoms with Crippen LogP contribution in [0.5, 0.6) is 34.5 Å². The van der Waals surface area contributed by atoms with E-state index >= 15 is 0 Å². The Labute approximate surface area is 706 Å². The van der Waals surface area contributed by atoms with Gasteiger partial charge in [-0.25, -0.2) is 9.59 Å². The van der Waals surface area contributed by atoms with Crippen molar-refractivity contribution in [2.75, 3.05) is 105 Å². The molecule has 0 bridgehead atoms. The minimum Gasteiger partial charge on any atom is -0.508 e. The maximum atomic E-state index is 12.9. The number of fused-ring (bicyclic) bond motifs is 3. The molecule has 6 atom stereocenters. The lowest BCUT2D eigenvalue weighted by Crippen LogP contribution is -2.35. The van der Waals surface area contributed by atoms with Gasteiger partial charge < -0.3 is 69.3 Å². The molecule has 15 rings (SSSR count). The Bertz CT molecular complexity index is 4810. The zero-order valence-electron chi connectivity index (χ0n) is 67.2. The van der Waals surface area contributed by atoms with Gasteiger partial charge in [-0.05, 0) is 148 Å². The van der Waals surface area contributed by atoms with Gasteiger partial charge in [0.1, 0.15) is 58.9 Å². The topological polar surface area (TPSA) is 380 Å². The molecule has 0 aromatic heterocycles. The van der Waals surface area contributed by atoms with Gasteiger partial charge in [0.25, 0.3) is 27.8 Å². The minimum atomic E-state index is -3.50. The van der Waals surface area contributed by atoms with E-state index in [2.05, 4.69) is 37.6 Å². The lowest BCUT2D eigenvalue weighted by molar-refractivity contribution is -0.140. The fourth-order valence-corrected chi connectivity index (χ4v) is 15.7. The number of aromatic hydroxyl groups is 1. The summed E-state index contributed by atoms with van der Waals surface area (Å²) < 4.78 is 66.5. The molecule has 6 saturated heterocycles. The highest BCUT2D eigenvalue weighted by atomic mass is 32.2. The minimum absolute atomic E-state index is 0. The second-order valence-electron chi connectivity index (χ2n) is 32.2. The third kappa shape index (κ3) is 25.0. The summed E-state index contributed by atoms with van der Waals surface area (Å²) in [6.45, 7) is 18.6. The highest BCUT2D eigenvalue weighted by Crippen LogP contribution is 2.39. The Morgan fingerprint density at radius 2 is 0.719 bits per heavy atom. The number of benzene rings is 6. The van der Waals surface area contributed by atoms with Crippen molar-refractivity contribution in [3.05, 3.63) is 177 Å². The van der Waals surface area contributed by atoms with Crippen molar-refractivity contribution in [3.8, 4) is 34.5 Å². The second-order valence-corrected chi connectivity index (χ2v) is 33.9. The van der Waals surface area contributed by atoms with Crippen LogP contribution in [-0.2, 0) is 72.2 Å². The molecule has 31 nitrogen and oxygen atoms in total. The maximum absolute atomic E-state index is 12.9. The zero-order chi connectivity index (χ0) is 84.2. The van der Waals surface area contributed by atoms with Crippen molar-refractivity contribution in [2.24, 2.45) is 17.8 Å². The van der Waals surface area contributed by atoms with Gasteiger partial charge >= 0.3 is 12.2 Å². The van der Waals surface area contributed by atoms with E-state index in [1.165, 1.54) is 15.4 Å². The number of phenols is 1. The average molecular weight is 1690 g/mol. The molecule has 0 saturated carbocycles. The first-order valence-electron chi connectivity index (χ1n) is 39.6. The summed E-state index contributed by atoms with van der Waals surface area (Å²) in [6.07, 6.45) is 1.76. The van der Waals surface area contributed by atoms with Crippen LogP contribution >= 0.6 is 0 Å². The quantitative estimate of drug-likeness (QED) is 0.0278. The van der Waals surface area contributed by atoms with Gasteiger partial charge in [0, 0.05) is 150 Å². The van der Waals surface area contributed by atoms with Crippen LogP contribution in [0.3, 0.4) is 0 Å². The van der Waals surface area contributed by atoms with Crippen LogP contribution in [0.4, 0.5) is 9.59 Å². The van der Waals surface area contributed by atoms with Crippen molar-refractivity contribution in [1.82, 2.24) is 45.8 Å². The monoisotopic (exact) mass is 1690 g/mol. The van der Waals surface area contributed by atoms with E-state index in [4.69, 9.17) is 33.2 Å². The molecule has 6 aromatic rings. The van der Waals surface area contributed by atoms with Gasteiger partial charge in [0.15, 0.2) is 0 Å². The van der Waals surface area contributed by atoms with E-state index in [1.54, 1.807) is 34.1 Å². The molecule has 0 radical (unpaired) electrons. The Hall–Kier alpha value is -11.6. The lowest BCUT2D eigenvalue weighted by atomic mass is 9.89. The summed E-state index contributed by atoms with van der Waals surface area (Å²) in [4.78, 5) is 137. The summed E-state index contributed by atoms with van der Waals surface area (Å²) in [7, 11) is -3.50. The number of nitrogens with zero attached hydrogens (tertiary/aromatic N) is 5. The molecule has 652 valence electrons. The molecule has 0 spiro atoms. The van der Waals surface area contributed by atoms with Gasteiger partial charge in [0.2, 0.25) is 35.4 Å². The normalized spacial score (nSPS) is 20.1. The van der Waals surface area contributed by atoms with Gasteiger partial charge in [-0.1, -0.05) is 76.9 Å². The number of carbonyl (C=O) groups is 11. The zero-order valence-corrected chi connectivity index (χ0v) is 68.0. The van der Waals surface area contributed by atoms with Crippen LogP contribution in [0, 0.1) is 17.8 Å². The lowest BCUT2D eigenvalue weighted by Gasteiger charge is -2.24. The number of carbonyl (C=O) groups excluding carboxylic acids is 11. The number of hydrogen-bond donors (Lipinski definition) is 5. The maximum Gasteiger partial charge on any atom is 0.410 e. The second kappa shape index (κ2) is 41.1. The highest BCUT2D eigenvalue weighted by Gasteiger charge is 2.42. The predicted molar refractivity (Wildman–Crippen MR) is 447 cm³/mol. The van der Waals surface area contributed by atoms with E-state index < -0.39 is 21.3 Å². The van der Waals surface area contributed by atoms with Gasteiger partial charge in [-0.15, -0.1) is 0 Å².